The molecule has 0 spiro atoms. The third-order valence-electron chi connectivity index (χ3n) is 1.57. The van der Waals surface area contributed by atoms with Crippen LogP contribution in [0.25, 0.3) is 10.4 Å². The highest BCUT2D eigenvalue weighted by Gasteiger charge is 1.99. The summed E-state index contributed by atoms with van der Waals surface area (Å²) < 4.78 is 13.2. The number of hydrogen-bond acceptors (Lipinski definition) is 2. The minimum Gasteiger partial charge on any atom is -0.298 e. The Morgan fingerprint density at radius 2 is 2.40 bits per heavy atom. The molecule has 0 saturated carbocycles. The van der Waals surface area contributed by atoms with Crippen LogP contribution in [-0.4, -0.2) is 12.8 Å². The predicted octanol–water partition coefficient (Wildman–Crippen LogP) is 2.30. The van der Waals surface area contributed by atoms with Crippen molar-refractivity contribution < 1.29 is 9.18 Å². The van der Waals surface area contributed by atoms with E-state index in [-0.39, 0.29) is 17.7 Å². The SMILES string of the molecule is [N-]=[N+]=NCC#Cc1ccc(C=O)cc1F. The Hall–Kier alpha value is -2.31. The van der Waals surface area contributed by atoms with E-state index in [1.807, 2.05) is 0 Å². The first kappa shape index (κ1) is 10.8. The van der Waals surface area contributed by atoms with Crippen molar-refractivity contribution in [2.75, 3.05) is 6.54 Å². The molecule has 1 aromatic rings. The number of halogens is 1. The molecule has 0 aromatic heterocycles. The summed E-state index contributed by atoms with van der Waals surface area (Å²) in [5.74, 6) is 4.41. The van der Waals surface area contributed by atoms with Gasteiger partial charge in [-0.2, -0.15) is 0 Å². The number of azide groups is 1. The lowest BCUT2D eigenvalue weighted by molar-refractivity contribution is 0.112. The molecular weight excluding hydrogens is 197 g/mol. The normalized spacial score (nSPS) is 8.33. The van der Waals surface area contributed by atoms with Crippen molar-refractivity contribution in [3.05, 3.63) is 45.6 Å². The van der Waals surface area contributed by atoms with Crippen LogP contribution in [0.3, 0.4) is 0 Å². The van der Waals surface area contributed by atoms with Gasteiger partial charge in [0.15, 0.2) is 0 Å². The maximum absolute atomic E-state index is 13.2. The van der Waals surface area contributed by atoms with Crippen LogP contribution in [0.1, 0.15) is 15.9 Å². The van der Waals surface area contributed by atoms with Crippen LogP contribution in [0.4, 0.5) is 4.39 Å². The zero-order valence-corrected chi connectivity index (χ0v) is 7.64. The average Bonchev–Trinajstić information content (AvgIpc) is 2.26. The second kappa shape index (κ2) is 5.43. The number of benzene rings is 1. The minimum atomic E-state index is -0.562. The Morgan fingerprint density at radius 1 is 1.60 bits per heavy atom. The van der Waals surface area contributed by atoms with E-state index in [2.05, 4.69) is 21.9 Å². The molecule has 1 aromatic carbocycles. The molecule has 0 aliphatic rings. The van der Waals surface area contributed by atoms with E-state index in [0.717, 1.165) is 6.07 Å². The van der Waals surface area contributed by atoms with Crippen LogP contribution in [0.2, 0.25) is 0 Å². The summed E-state index contributed by atoms with van der Waals surface area (Å²) in [5.41, 5.74) is 8.40. The predicted molar refractivity (Wildman–Crippen MR) is 52.7 cm³/mol. The lowest BCUT2D eigenvalue weighted by Crippen LogP contribution is -1.87. The number of nitrogens with zero attached hydrogens (tertiary/aromatic N) is 3. The van der Waals surface area contributed by atoms with Crippen molar-refractivity contribution in [1.29, 1.82) is 0 Å². The van der Waals surface area contributed by atoms with Crippen LogP contribution in [0.15, 0.2) is 23.3 Å². The zero-order chi connectivity index (χ0) is 11.1. The molecule has 5 heteroatoms. The molecule has 0 heterocycles. The Bertz CT molecular complexity index is 481. The molecule has 0 bridgehead atoms. The third kappa shape index (κ3) is 3.14. The van der Waals surface area contributed by atoms with Gasteiger partial charge in [-0.25, -0.2) is 4.39 Å². The van der Waals surface area contributed by atoms with Crippen LogP contribution in [0, 0.1) is 17.7 Å². The van der Waals surface area contributed by atoms with Gasteiger partial charge in [-0.3, -0.25) is 4.79 Å². The van der Waals surface area contributed by atoms with E-state index < -0.39 is 5.82 Å². The second-order valence-corrected chi connectivity index (χ2v) is 2.55. The summed E-state index contributed by atoms with van der Waals surface area (Å²) in [6.45, 7) is -0.00856. The number of rotatable bonds is 2. The van der Waals surface area contributed by atoms with Gasteiger partial charge in [-0.05, 0) is 17.7 Å². The van der Waals surface area contributed by atoms with E-state index in [1.54, 1.807) is 0 Å². The van der Waals surface area contributed by atoms with E-state index in [4.69, 9.17) is 5.53 Å². The topological polar surface area (TPSA) is 65.8 Å². The Morgan fingerprint density at radius 3 is 3.00 bits per heavy atom. The Balaban J connectivity index is 2.89. The highest BCUT2D eigenvalue weighted by atomic mass is 19.1. The van der Waals surface area contributed by atoms with Crippen molar-refractivity contribution in [2.24, 2.45) is 5.11 Å². The summed E-state index contributed by atoms with van der Waals surface area (Å²) in [6.07, 6.45) is 0.556. The van der Waals surface area contributed by atoms with Crippen molar-refractivity contribution in [2.45, 2.75) is 0 Å². The van der Waals surface area contributed by atoms with Crippen LogP contribution < -0.4 is 0 Å². The highest BCUT2D eigenvalue weighted by molar-refractivity contribution is 5.75. The molecule has 0 fully saturated rings. The monoisotopic (exact) mass is 203 g/mol. The van der Waals surface area contributed by atoms with Crippen LogP contribution in [0.5, 0.6) is 0 Å². The zero-order valence-electron chi connectivity index (χ0n) is 7.64. The lowest BCUT2D eigenvalue weighted by atomic mass is 10.1. The summed E-state index contributed by atoms with van der Waals surface area (Å²) in [4.78, 5) is 12.8. The van der Waals surface area contributed by atoms with Gasteiger partial charge in [0.1, 0.15) is 12.1 Å². The summed E-state index contributed by atoms with van der Waals surface area (Å²) in [5, 5.41) is 3.18. The molecule has 1 rings (SSSR count). The molecule has 15 heavy (non-hydrogen) atoms. The fourth-order valence-electron chi connectivity index (χ4n) is 0.908. The summed E-state index contributed by atoms with van der Waals surface area (Å²) >= 11 is 0. The van der Waals surface area contributed by atoms with Gasteiger partial charge in [0.05, 0.1) is 12.1 Å². The molecule has 0 aliphatic carbocycles. The number of aldehydes is 1. The van der Waals surface area contributed by atoms with Crippen molar-refractivity contribution in [3.63, 3.8) is 0 Å². The van der Waals surface area contributed by atoms with Crippen LogP contribution in [-0.2, 0) is 0 Å². The molecular formula is C10H6FN3O. The van der Waals surface area contributed by atoms with Gasteiger partial charge in [0.2, 0.25) is 0 Å². The van der Waals surface area contributed by atoms with E-state index in [9.17, 15) is 9.18 Å². The van der Waals surface area contributed by atoms with Crippen molar-refractivity contribution in [1.82, 2.24) is 0 Å². The molecule has 0 saturated heterocycles. The number of carbonyl (C=O) groups excluding carboxylic acids is 1. The van der Waals surface area contributed by atoms with Gasteiger partial charge < -0.3 is 0 Å². The van der Waals surface area contributed by atoms with Gasteiger partial charge in [0, 0.05) is 10.5 Å². The van der Waals surface area contributed by atoms with Crippen molar-refractivity contribution in [3.8, 4) is 11.8 Å². The molecule has 74 valence electrons. The first-order valence-corrected chi connectivity index (χ1v) is 4.02. The quantitative estimate of drug-likeness (QED) is 0.239. The molecule has 0 amide bonds. The Kier molecular flexibility index (Phi) is 3.90. The first-order valence-electron chi connectivity index (χ1n) is 4.02. The molecule has 0 unspecified atom stereocenters. The van der Waals surface area contributed by atoms with E-state index >= 15 is 0 Å². The van der Waals surface area contributed by atoms with E-state index in [1.165, 1.54) is 12.1 Å². The average molecular weight is 203 g/mol. The lowest BCUT2D eigenvalue weighted by Gasteiger charge is -1.94. The molecule has 4 nitrogen and oxygen atoms in total. The Labute approximate surface area is 85.4 Å². The highest BCUT2D eigenvalue weighted by Crippen LogP contribution is 2.07. The third-order valence-corrected chi connectivity index (χ3v) is 1.57. The van der Waals surface area contributed by atoms with Gasteiger partial charge in [0.25, 0.3) is 0 Å². The van der Waals surface area contributed by atoms with Crippen LogP contribution >= 0.6 is 0 Å². The van der Waals surface area contributed by atoms with Gasteiger partial charge in [-0.1, -0.05) is 23.0 Å². The van der Waals surface area contributed by atoms with Crippen molar-refractivity contribution >= 4 is 6.29 Å². The van der Waals surface area contributed by atoms with E-state index in [0.29, 0.717) is 6.29 Å². The smallest absolute Gasteiger partial charge is 0.150 e. The molecule has 0 N–H and O–H groups in total. The largest absolute Gasteiger partial charge is 0.298 e. The standard InChI is InChI=1S/C10H6FN3O/c11-10-6-8(7-15)3-4-9(10)2-1-5-13-14-12/h3-4,6-7H,5H2. The van der Waals surface area contributed by atoms with Gasteiger partial charge in [-0.15, -0.1) is 0 Å². The maximum atomic E-state index is 13.2. The molecule has 0 aliphatic heterocycles. The number of hydrogen-bond donors (Lipinski definition) is 0. The van der Waals surface area contributed by atoms with Gasteiger partial charge >= 0.3 is 0 Å². The minimum absolute atomic E-state index is 0.00856. The summed E-state index contributed by atoms with van der Waals surface area (Å²) in [6, 6.07) is 3.97. The molecule has 0 atom stereocenters. The molecule has 0 radical (unpaired) electrons. The first-order chi connectivity index (χ1) is 7.27. The second-order valence-electron chi connectivity index (χ2n) is 2.55. The maximum Gasteiger partial charge on any atom is 0.150 e. The fourth-order valence-corrected chi connectivity index (χ4v) is 0.908. The number of carbonyl (C=O) groups is 1. The summed E-state index contributed by atoms with van der Waals surface area (Å²) in [7, 11) is 0. The fraction of sp³-hybridized carbons (Fsp3) is 0.100.